The second kappa shape index (κ2) is 7.45. The molecule has 1 saturated carbocycles. The molecule has 1 aliphatic carbocycles. The summed E-state index contributed by atoms with van der Waals surface area (Å²) in [5.41, 5.74) is -0.490. The first kappa shape index (κ1) is 18.2. The molecule has 1 rings (SSSR count). The first-order valence-corrected chi connectivity index (χ1v) is 8.94. The highest BCUT2D eigenvalue weighted by Gasteiger charge is 2.26. The van der Waals surface area contributed by atoms with Crippen molar-refractivity contribution in [1.29, 1.82) is 0 Å². The van der Waals surface area contributed by atoms with Crippen molar-refractivity contribution in [3.63, 3.8) is 0 Å². The molecule has 0 aromatic heterocycles. The lowest BCUT2D eigenvalue weighted by Crippen LogP contribution is -2.36. The van der Waals surface area contributed by atoms with E-state index in [-0.39, 0.29) is 11.7 Å². The molecule has 6 nitrogen and oxygen atoms in total. The van der Waals surface area contributed by atoms with E-state index in [1.807, 2.05) is 20.8 Å². The predicted molar refractivity (Wildman–Crippen MR) is 80.5 cm³/mol. The molecule has 1 N–H and O–H groups in total. The van der Waals surface area contributed by atoms with Crippen LogP contribution in [0.4, 0.5) is 4.79 Å². The lowest BCUT2D eigenvalue weighted by Gasteiger charge is -2.28. The largest absolute Gasteiger partial charge is 0.444 e. The van der Waals surface area contributed by atoms with Crippen LogP contribution < -0.4 is 5.32 Å². The molecule has 0 unspecified atom stereocenters. The Hall–Kier alpha value is -0.820. The van der Waals surface area contributed by atoms with Crippen LogP contribution in [0.2, 0.25) is 0 Å². The maximum atomic E-state index is 11.6. The summed E-state index contributed by atoms with van der Waals surface area (Å²) in [6.07, 6.45) is 3.14. The van der Waals surface area contributed by atoms with Gasteiger partial charge in [-0.25, -0.2) is 4.79 Å². The van der Waals surface area contributed by atoms with Crippen molar-refractivity contribution in [2.45, 2.75) is 52.1 Å². The Bertz CT molecular complexity index is 433. The molecule has 7 heteroatoms. The molecule has 0 aliphatic heterocycles. The van der Waals surface area contributed by atoms with Crippen LogP contribution in [0.25, 0.3) is 0 Å². The number of rotatable bonds is 5. The SMILES string of the molecule is COS(=O)(=O)CC1CCC(CNC(=O)OC(C)(C)C)CC1. The van der Waals surface area contributed by atoms with Gasteiger partial charge in [0, 0.05) is 6.54 Å². The fourth-order valence-electron chi connectivity index (χ4n) is 2.50. The van der Waals surface area contributed by atoms with Gasteiger partial charge in [-0.05, 0) is 58.3 Å². The molecule has 1 fully saturated rings. The van der Waals surface area contributed by atoms with Crippen molar-refractivity contribution in [3.8, 4) is 0 Å². The standard InChI is InChI=1S/C14H27NO5S/c1-14(2,3)20-13(16)15-9-11-5-7-12(8-6-11)10-21(17,18)19-4/h11-12H,5-10H2,1-4H3,(H,15,16). The lowest BCUT2D eigenvalue weighted by molar-refractivity contribution is 0.0514. The van der Waals surface area contributed by atoms with Crippen LogP contribution in [0.3, 0.4) is 0 Å². The van der Waals surface area contributed by atoms with Crippen molar-refractivity contribution in [2.24, 2.45) is 11.8 Å². The quantitative estimate of drug-likeness (QED) is 0.786. The van der Waals surface area contributed by atoms with Crippen LogP contribution in [0.1, 0.15) is 46.5 Å². The second-order valence-corrected chi connectivity index (χ2v) is 8.44. The van der Waals surface area contributed by atoms with Gasteiger partial charge in [0.1, 0.15) is 5.60 Å². The fraction of sp³-hybridized carbons (Fsp3) is 0.929. The summed E-state index contributed by atoms with van der Waals surface area (Å²) >= 11 is 0. The van der Waals surface area contributed by atoms with Crippen molar-refractivity contribution in [3.05, 3.63) is 0 Å². The molecule has 0 heterocycles. The number of alkyl carbamates (subject to hydrolysis) is 1. The molecule has 0 saturated heterocycles. The number of hydrogen-bond acceptors (Lipinski definition) is 5. The first-order chi connectivity index (χ1) is 9.61. The van der Waals surface area contributed by atoms with Gasteiger partial charge >= 0.3 is 6.09 Å². The minimum Gasteiger partial charge on any atom is -0.444 e. The molecule has 21 heavy (non-hydrogen) atoms. The number of ether oxygens (including phenoxy) is 1. The number of nitrogens with one attached hydrogen (secondary N) is 1. The van der Waals surface area contributed by atoms with Crippen molar-refractivity contribution >= 4 is 16.2 Å². The Morgan fingerprint density at radius 1 is 1.14 bits per heavy atom. The van der Waals surface area contributed by atoms with Gasteiger partial charge in [-0.3, -0.25) is 4.18 Å². The molecule has 0 aromatic carbocycles. The normalized spacial score (nSPS) is 23.6. The highest BCUT2D eigenvalue weighted by atomic mass is 32.2. The number of carbonyl (C=O) groups excluding carboxylic acids is 1. The van der Waals surface area contributed by atoms with E-state index >= 15 is 0 Å². The van der Waals surface area contributed by atoms with Gasteiger partial charge in [-0.2, -0.15) is 8.42 Å². The first-order valence-electron chi connectivity index (χ1n) is 7.36. The van der Waals surface area contributed by atoms with Crippen LogP contribution in [0.5, 0.6) is 0 Å². The van der Waals surface area contributed by atoms with E-state index in [9.17, 15) is 13.2 Å². The minimum atomic E-state index is -3.37. The van der Waals surface area contributed by atoms with Crippen molar-refractivity contribution < 1.29 is 22.1 Å². The Kier molecular flexibility index (Phi) is 6.46. The van der Waals surface area contributed by atoms with E-state index in [1.165, 1.54) is 7.11 Å². The summed E-state index contributed by atoms with van der Waals surface area (Å²) in [6, 6.07) is 0. The molecule has 1 aliphatic rings. The molecule has 0 radical (unpaired) electrons. The maximum absolute atomic E-state index is 11.6. The molecule has 0 bridgehead atoms. The molecular formula is C14H27NO5S. The molecule has 1 amide bonds. The van der Waals surface area contributed by atoms with Gasteiger partial charge in [0.2, 0.25) is 0 Å². The Labute approximate surface area is 127 Å². The zero-order valence-electron chi connectivity index (χ0n) is 13.3. The summed E-state index contributed by atoms with van der Waals surface area (Å²) in [4.78, 5) is 11.6. The van der Waals surface area contributed by atoms with Crippen LogP contribution in [-0.2, 0) is 19.0 Å². The topological polar surface area (TPSA) is 81.7 Å². The minimum absolute atomic E-state index is 0.0930. The third kappa shape index (κ3) is 7.66. The van der Waals surface area contributed by atoms with E-state index in [1.54, 1.807) is 0 Å². The lowest BCUT2D eigenvalue weighted by atomic mass is 9.83. The molecular weight excluding hydrogens is 294 g/mol. The van der Waals surface area contributed by atoms with Crippen LogP contribution >= 0.6 is 0 Å². The number of carbonyl (C=O) groups is 1. The summed E-state index contributed by atoms with van der Waals surface area (Å²) in [5.74, 6) is 0.641. The van der Waals surface area contributed by atoms with Crippen molar-refractivity contribution in [2.75, 3.05) is 19.4 Å². The monoisotopic (exact) mass is 321 g/mol. The van der Waals surface area contributed by atoms with Gasteiger partial charge in [0.05, 0.1) is 12.9 Å². The molecule has 0 spiro atoms. The summed E-state index contributed by atoms with van der Waals surface area (Å²) in [7, 11) is -2.17. The Morgan fingerprint density at radius 2 is 1.67 bits per heavy atom. The zero-order chi connectivity index (χ0) is 16.1. The van der Waals surface area contributed by atoms with Crippen LogP contribution in [-0.4, -0.2) is 39.5 Å². The third-order valence-electron chi connectivity index (χ3n) is 3.59. The van der Waals surface area contributed by atoms with E-state index in [4.69, 9.17) is 4.74 Å². The third-order valence-corrected chi connectivity index (χ3v) is 4.98. The van der Waals surface area contributed by atoms with Gasteiger partial charge in [-0.1, -0.05) is 0 Å². The summed E-state index contributed by atoms with van der Waals surface area (Å²) < 4.78 is 32.5. The average molecular weight is 321 g/mol. The van der Waals surface area contributed by atoms with Gasteiger partial charge in [-0.15, -0.1) is 0 Å². The van der Waals surface area contributed by atoms with Crippen LogP contribution in [0, 0.1) is 11.8 Å². The number of amides is 1. The van der Waals surface area contributed by atoms with E-state index in [0.717, 1.165) is 25.7 Å². The van der Waals surface area contributed by atoms with E-state index in [0.29, 0.717) is 12.5 Å². The van der Waals surface area contributed by atoms with Gasteiger partial charge < -0.3 is 10.1 Å². The second-order valence-electron chi connectivity index (χ2n) is 6.66. The van der Waals surface area contributed by atoms with Gasteiger partial charge in [0.15, 0.2) is 0 Å². The summed E-state index contributed by atoms with van der Waals surface area (Å²) in [5, 5.41) is 2.78. The smallest absolute Gasteiger partial charge is 0.407 e. The average Bonchev–Trinajstić information content (AvgIpc) is 2.35. The Balaban J connectivity index is 2.26. The molecule has 124 valence electrons. The fourth-order valence-corrected chi connectivity index (χ4v) is 3.55. The van der Waals surface area contributed by atoms with E-state index in [2.05, 4.69) is 9.50 Å². The van der Waals surface area contributed by atoms with Crippen LogP contribution in [0.15, 0.2) is 0 Å². The number of hydrogen-bond donors (Lipinski definition) is 1. The summed E-state index contributed by atoms with van der Waals surface area (Å²) in [6.45, 7) is 6.06. The predicted octanol–water partition coefficient (Wildman–Crippen LogP) is 2.29. The van der Waals surface area contributed by atoms with Crippen molar-refractivity contribution in [1.82, 2.24) is 5.32 Å². The molecule has 0 atom stereocenters. The van der Waals surface area contributed by atoms with E-state index < -0.39 is 21.8 Å². The Morgan fingerprint density at radius 3 is 2.14 bits per heavy atom. The highest BCUT2D eigenvalue weighted by molar-refractivity contribution is 7.86. The van der Waals surface area contributed by atoms with Gasteiger partial charge in [0.25, 0.3) is 10.1 Å². The highest BCUT2D eigenvalue weighted by Crippen LogP contribution is 2.29. The maximum Gasteiger partial charge on any atom is 0.407 e. The molecule has 0 aromatic rings. The zero-order valence-corrected chi connectivity index (χ0v) is 14.2.